The highest BCUT2D eigenvalue weighted by atomic mass is 16.3. The summed E-state index contributed by atoms with van der Waals surface area (Å²) in [4.78, 5) is 12.7. The SMILES string of the molecule is C[C@@H]1C[C@H](C)C[NH+](C[C@H](O)Cn2cc(C=O)c3ccccc32)C1. The van der Waals surface area contributed by atoms with Gasteiger partial charge in [0, 0.05) is 34.5 Å². The molecule has 124 valence electrons. The Hall–Kier alpha value is -1.65. The van der Waals surface area contributed by atoms with Gasteiger partial charge in [-0.05, 0) is 12.5 Å². The van der Waals surface area contributed by atoms with Gasteiger partial charge in [0.15, 0.2) is 6.29 Å². The quantitative estimate of drug-likeness (QED) is 0.819. The van der Waals surface area contributed by atoms with Gasteiger partial charge in [-0.25, -0.2) is 0 Å². The van der Waals surface area contributed by atoms with Gasteiger partial charge in [-0.2, -0.15) is 0 Å². The van der Waals surface area contributed by atoms with Crippen molar-refractivity contribution in [2.75, 3.05) is 19.6 Å². The van der Waals surface area contributed by atoms with Crippen LogP contribution in [-0.4, -0.2) is 41.7 Å². The largest absolute Gasteiger partial charge is 0.385 e. The molecule has 0 bridgehead atoms. The average Bonchev–Trinajstić information content (AvgIpc) is 2.84. The van der Waals surface area contributed by atoms with Gasteiger partial charge in [0.25, 0.3) is 0 Å². The maximum absolute atomic E-state index is 11.2. The fourth-order valence-corrected chi connectivity index (χ4v) is 4.23. The maximum Gasteiger partial charge on any atom is 0.152 e. The van der Waals surface area contributed by atoms with E-state index in [0.717, 1.165) is 48.7 Å². The molecule has 4 heteroatoms. The molecule has 2 heterocycles. The lowest BCUT2D eigenvalue weighted by Crippen LogP contribution is -3.15. The summed E-state index contributed by atoms with van der Waals surface area (Å²) < 4.78 is 2.01. The number of nitrogens with one attached hydrogen (secondary N) is 1. The standard InChI is InChI=1S/C19H26N2O2/c1-14-7-15(2)9-20(8-14)11-17(23)12-21-10-16(13-22)18-5-3-4-6-19(18)21/h3-6,10,13-15,17,23H,7-9,11-12H2,1-2H3/p+1/t14-,15+,17-/m0/s1. The monoisotopic (exact) mass is 315 g/mol. The third-order valence-electron chi connectivity index (χ3n) is 4.96. The summed E-state index contributed by atoms with van der Waals surface area (Å²) in [5.74, 6) is 1.46. The molecule has 1 fully saturated rings. The van der Waals surface area contributed by atoms with Crippen molar-refractivity contribution in [2.24, 2.45) is 11.8 Å². The van der Waals surface area contributed by atoms with Crippen LogP contribution in [0.2, 0.25) is 0 Å². The molecule has 3 rings (SSSR count). The molecule has 2 N–H and O–H groups in total. The minimum absolute atomic E-state index is 0.391. The number of nitrogens with zero attached hydrogens (tertiary/aromatic N) is 1. The number of para-hydroxylation sites is 1. The highest BCUT2D eigenvalue weighted by Crippen LogP contribution is 2.20. The summed E-state index contributed by atoms with van der Waals surface area (Å²) >= 11 is 0. The van der Waals surface area contributed by atoms with Crippen molar-refractivity contribution < 1.29 is 14.8 Å². The van der Waals surface area contributed by atoms with E-state index in [-0.39, 0.29) is 0 Å². The Morgan fingerprint density at radius 1 is 1.30 bits per heavy atom. The first-order chi connectivity index (χ1) is 11.1. The van der Waals surface area contributed by atoms with Gasteiger partial charge < -0.3 is 14.6 Å². The first kappa shape index (κ1) is 16.2. The Bertz CT molecular complexity index is 669. The third-order valence-corrected chi connectivity index (χ3v) is 4.96. The number of aliphatic hydroxyl groups is 1. The van der Waals surface area contributed by atoms with E-state index in [9.17, 15) is 9.90 Å². The molecule has 0 saturated carbocycles. The summed E-state index contributed by atoms with van der Waals surface area (Å²) in [6, 6.07) is 7.88. The number of benzene rings is 1. The van der Waals surface area contributed by atoms with E-state index in [1.54, 1.807) is 0 Å². The zero-order valence-corrected chi connectivity index (χ0v) is 14.0. The van der Waals surface area contributed by atoms with Crippen LogP contribution in [0.15, 0.2) is 30.5 Å². The van der Waals surface area contributed by atoms with Crippen molar-refractivity contribution >= 4 is 17.2 Å². The molecular weight excluding hydrogens is 288 g/mol. The summed E-state index contributed by atoms with van der Waals surface area (Å²) in [5.41, 5.74) is 1.71. The maximum atomic E-state index is 11.2. The molecule has 0 amide bonds. The Morgan fingerprint density at radius 2 is 2.00 bits per heavy atom. The second-order valence-corrected chi connectivity index (χ2v) is 7.33. The number of hydrogen-bond donors (Lipinski definition) is 2. The van der Waals surface area contributed by atoms with Crippen molar-refractivity contribution in [2.45, 2.75) is 32.9 Å². The summed E-state index contributed by atoms with van der Waals surface area (Å²) in [7, 11) is 0. The number of aromatic nitrogens is 1. The summed E-state index contributed by atoms with van der Waals surface area (Å²) in [5, 5.41) is 11.5. The zero-order chi connectivity index (χ0) is 16.4. The molecule has 1 aromatic heterocycles. The third kappa shape index (κ3) is 3.65. The van der Waals surface area contributed by atoms with Crippen LogP contribution in [0.5, 0.6) is 0 Å². The molecule has 4 atom stereocenters. The lowest BCUT2D eigenvalue weighted by molar-refractivity contribution is -0.915. The first-order valence-corrected chi connectivity index (χ1v) is 8.61. The topological polar surface area (TPSA) is 46.7 Å². The Labute approximate surface area is 137 Å². The highest BCUT2D eigenvalue weighted by Gasteiger charge is 2.27. The van der Waals surface area contributed by atoms with Crippen molar-refractivity contribution in [3.8, 4) is 0 Å². The predicted molar refractivity (Wildman–Crippen MR) is 91.8 cm³/mol. The molecule has 0 aliphatic carbocycles. The number of aldehydes is 1. The Kier molecular flexibility index (Phi) is 4.83. The van der Waals surface area contributed by atoms with Gasteiger partial charge in [-0.1, -0.05) is 32.0 Å². The minimum atomic E-state index is -0.391. The summed E-state index contributed by atoms with van der Waals surface area (Å²) in [6.45, 7) is 8.22. The number of likely N-dealkylation sites (tertiary alicyclic amines) is 1. The van der Waals surface area contributed by atoms with Crippen molar-refractivity contribution in [1.82, 2.24) is 4.57 Å². The van der Waals surface area contributed by atoms with E-state index >= 15 is 0 Å². The van der Waals surface area contributed by atoms with Gasteiger partial charge >= 0.3 is 0 Å². The second kappa shape index (κ2) is 6.85. The molecular formula is C19H27N2O2+. The van der Waals surface area contributed by atoms with Gasteiger partial charge in [-0.15, -0.1) is 0 Å². The first-order valence-electron chi connectivity index (χ1n) is 8.61. The molecule has 2 aromatic rings. The number of quaternary nitrogens is 1. The molecule has 1 unspecified atom stereocenters. The molecule has 1 saturated heterocycles. The van der Waals surface area contributed by atoms with Crippen LogP contribution in [0.25, 0.3) is 10.9 Å². The Balaban J connectivity index is 1.70. The van der Waals surface area contributed by atoms with Crippen molar-refractivity contribution in [1.29, 1.82) is 0 Å². The van der Waals surface area contributed by atoms with Crippen LogP contribution in [-0.2, 0) is 6.54 Å². The van der Waals surface area contributed by atoms with Crippen LogP contribution in [0.4, 0.5) is 0 Å². The lowest BCUT2D eigenvalue weighted by Gasteiger charge is -2.33. The van der Waals surface area contributed by atoms with Gasteiger partial charge in [-0.3, -0.25) is 4.79 Å². The number of fused-ring (bicyclic) bond motifs is 1. The van der Waals surface area contributed by atoms with Crippen LogP contribution in [0, 0.1) is 11.8 Å². The lowest BCUT2D eigenvalue weighted by atomic mass is 9.92. The van der Waals surface area contributed by atoms with Crippen LogP contribution < -0.4 is 4.90 Å². The average molecular weight is 315 g/mol. The van der Waals surface area contributed by atoms with Crippen LogP contribution >= 0.6 is 0 Å². The molecule has 0 spiro atoms. The normalized spacial score (nSPS) is 26.3. The van der Waals surface area contributed by atoms with E-state index in [0.29, 0.717) is 12.1 Å². The van der Waals surface area contributed by atoms with E-state index in [1.807, 2.05) is 35.0 Å². The Morgan fingerprint density at radius 3 is 2.70 bits per heavy atom. The second-order valence-electron chi connectivity index (χ2n) is 7.33. The van der Waals surface area contributed by atoms with Crippen LogP contribution in [0.3, 0.4) is 0 Å². The van der Waals surface area contributed by atoms with E-state index in [1.165, 1.54) is 11.3 Å². The predicted octanol–water partition coefficient (Wildman–Crippen LogP) is 1.38. The number of rotatable bonds is 5. The smallest absolute Gasteiger partial charge is 0.152 e. The molecule has 23 heavy (non-hydrogen) atoms. The minimum Gasteiger partial charge on any atom is -0.385 e. The van der Waals surface area contributed by atoms with Gasteiger partial charge in [0.2, 0.25) is 0 Å². The molecule has 1 aliphatic heterocycles. The number of piperidine rings is 1. The molecule has 1 aliphatic rings. The van der Waals surface area contributed by atoms with Crippen molar-refractivity contribution in [3.63, 3.8) is 0 Å². The highest BCUT2D eigenvalue weighted by molar-refractivity contribution is 5.97. The number of hydrogen-bond acceptors (Lipinski definition) is 2. The number of aliphatic hydroxyl groups excluding tert-OH is 1. The van der Waals surface area contributed by atoms with E-state index in [2.05, 4.69) is 13.8 Å². The summed E-state index contributed by atoms with van der Waals surface area (Å²) in [6.07, 6.45) is 3.66. The van der Waals surface area contributed by atoms with Crippen molar-refractivity contribution in [3.05, 3.63) is 36.0 Å². The van der Waals surface area contributed by atoms with E-state index < -0.39 is 6.10 Å². The van der Waals surface area contributed by atoms with Crippen LogP contribution in [0.1, 0.15) is 30.6 Å². The van der Waals surface area contributed by atoms with Gasteiger partial charge in [0.05, 0.1) is 19.6 Å². The van der Waals surface area contributed by atoms with E-state index in [4.69, 9.17) is 0 Å². The molecule has 4 nitrogen and oxygen atoms in total. The molecule has 1 aromatic carbocycles. The van der Waals surface area contributed by atoms with Gasteiger partial charge in [0.1, 0.15) is 12.6 Å². The fraction of sp³-hybridized carbons (Fsp3) is 0.526. The number of carbonyl (C=O) groups is 1. The number of carbonyl (C=O) groups excluding carboxylic acids is 1. The molecule has 0 radical (unpaired) electrons. The fourth-order valence-electron chi connectivity index (χ4n) is 4.23. The zero-order valence-electron chi connectivity index (χ0n) is 14.0.